The number of hydrogen-bond acceptors (Lipinski definition) is 2. The molecular weight excluding hydrogens is 425 g/mol. The average molecular weight is 436 g/mol. The van der Waals surface area contributed by atoms with Crippen LogP contribution in [0.3, 0.4) is 0 Å². The van der Waals surface area contributed by atoms with E-state index < -0.39 is 29.2 Å². The Balaban J connectivity index is 2.16. The molecule has 25 heavy (non-hydrogen) atoms. The lowest BCUT2D eigenvalue weighted by Crippen LogP contribution is -2.30. The van der Waals surface area contributed by atoms with E-state index in [1.807, 2.05) is 5.32 Å². The topological polar surface area (TPSA) is 58.2 Å². The molecule has 0 aliphatic rings. The zero-order chi connectivity index (χ0) is 18.8. The van der Waals surface area contributed by atoms with Gasteiger partial charge >= 0.3 is 18.0 Å². The van der Waals surface area contributed by atoms with Gasteiger partial charge in [-0.3, -0.25) is 9.59 Å². The molecule has 2 N–H and O–H groups in total. The van der Waals surface area contributed by atoms with E-state index in [-0.39, 0.29) is 5.02 Å². The SMILES string of the molecule is Cc1cc(NC(=O)C(=O)Nc2ccc(Cl)cc2C(F)(F)F)ccc1Br. The fraction of sp³-hybridized carbons (Fsp3) is 0.125. The summed E-state index contributed by atoms with van der Waals surface area (Å²) in [7, 11) is 0. The normalized spacial score (nSPS) is 11.1. The monoisotopic (exact) mass is 434 g/mol. The predicted molar refractivity (Wildman–Crippen MR) is 92.6 cm³/mol. The molecule has 0 fully saturated rings. The maximum Gasteiger partial charge on any atom is 0.418 e. The molecule has 2 aromatic rings. The van der Waals surface area contributed by atoms with Crippen LogP contribution in [-0.2, 0) is 15.8 Å². The van der Waals surface area contributed by atoms with Crippen LogP contribution in [0.5, 0.6) is 0 Å². The summed E-state index contributed by atoms with van der Waals surface area (Å²) in [6.07, 6.45) is -4.73. The molecule has 2 aromatic carbocycles. The minimum atomic E-state index is -4.73. The van der Waals surface area contributed by atoms with Gasteiger partial charge in [-0.05, 0) is 48.9 Å². The number of benzene rings is 2. The molecule has 2 amide bonds. The van der Waals surface area contributed by atoms with Gasteiger partial charge in [-0.15, -0.1) is 0 Å². The van der Waals surface area contributed by atoms with Crippen LogP contribution in [0, 0.1) is 6.92 Å². The number of alkyl halides is 3. The molecule has 0 aliphatic heterocycles. The third kappa shape index (κ3) is 4.96. The fourth-order valence-corrected chi connectivity index (χ4v) is 2.37. The second kappa shape index (κ2) is 7.45. The van der Waals surface area contributed by atoms with Crippen LogP contribution in [0.4, 0.5) is 24.5 Å². The van der Waals surface area contributed by atoms with Crippen molar-refractivity contribution in [3.05, 3.63) is 57.0 Å². The standard InChI is InChI=1S/C16H11BrClF3N2O2/c1-8-6-10(3-4-12(8)17)22-14(24)15(25)23-13-5-2-9(18)7-11(13)16(19,20)21/h2-7H,1H3,(H,22,24)(H,23,25). The quantitative estimate of drug-likeness (QED) is 0.652. The van der Waals surface area contributed by atoms with Crippen LogP contribution in [-0.4, -0.2) is 11.8 Å². The molecule has 0 unspecified atom stereocenters. The Hall–Kier alpha value is -2.06. The van der Waals surface area contributed by atoms with Gasteiger partial charge in [0, 0.05) is 15.2 Å². The molecule has 9 heteroatoms. The van der Waals surface area contributed by atoms with Crippen molar-refractivity contribution in [3.8, 4) is 0 Å². The van der Waals surface area contributed by atoms with Crippen LogP contribution >= 0.6 is 27.5 Å². The van der Waals surface area contributed by atoms with Gasteiger partial charge in [0.1, 0.15) is 0 Å². The average Bonchev–Trinajstić information content (AvgIpc) is 2.51. The van der Waals surface area contributed by atoms with Crippen LogP contribution in [0.25, 0.3) is 0 Å². The van der Waals surface area contributed by atoms with Gasteiger partial charge in [0.05, 0.1) is 11.3 Å². The van der Waals surface area contributed by atoms with Gasteiger partial charge in [-0.1, -0.05) is 27.5 Å². The molecule has 0 saturated carbocycles. The van der Waals surface area contributed by atoms with Crippen LogP contribution in [0.1, 0.15) is 11.1 Å². The van der Waals surface area contributed by atoms with Gasteiger partial charge in [-0.25, -0.2) is 0 Å². The molecule has 0 radical (unpaired) electrons. The Kier molecular flexibility index (Phi) is 5.74. The van der Waals surface area contributed by atoms with E-state index in [2.05, 4.69) is 21.2 Å². The summed E-state index contributed by atoms with van der Waals surface area (Å²) in [6, 6.07) is 7.67. The lowest BCUT2D eigenvalue weighted by Gasteiger charge is -2.14. The molecule has 0 saturated heterocycles. The Bertz CT molecular complexity index is 841. The molecule has 4 nitrogen and oxygen atoms in total. The minimum absolute atomic E-state index is 0.139. The van der Waals surface area contributed by atoms with E-state index in [0.717, 1.165) is 16.1 Å². The summed E-state index contributed by atoms with van der Waals surface area (Å²) in [4.78, 5) is 23.8. The Morgan fingerprint density at radius 3 is 2.28 bits per heavy atom. The van der Waals surface area contributed by atoms with Crippen molar-refractivity contribution >= 4 is 50.7 Å². The van der Waals surface area contributed by atoms with Crippen LogP contribution in [0.2, 0.25) is 5.02 Å². The van der Waals surface area contributed by atoms with Crippen molar-refractivity contribution in [1.82, 2.24) is 0 Å². The van der Waals surface area contributed by atoms with Crippen LogP contribution < -0.4 is 10.6 Å². The molecule has 0 aliphatic carbocycles. The second-order valence-corrected chi connectivity index (χ2v) is 6.35. The third-order valence-corrected chi connectivity index (χ3v) is 4.28. The highest BCUT2D eigenvalue weighted by Crippen LogP contribution is 2.36. The van der Waals surface area contributed by atoms with Gasteiger partial charge in [0.2, 0.25) is 0 Å². The molecule has 0 bridgehead atoms. The third-order valence-electron chi connectivity index (χ3n) is 3.16. The molecule has 0 atom stereocenters. The predicted octanol–water partition coefficient (Wildman–Crippen LogP) is 5.01. The maximum absolute atomic E-state index is 13.0. The first-order chi connectivity index (χ1) is 11.6. The largest absolute Gasteiger partial charge is 0.418 e. The van der Waals surface area contributed by atoms with Crippen LogP contribution in [0.15, 0.2) is 40.9 Å². The highest BCUT2D eigenvalue weighted by Gasteiger charge is 2.34. The van der Waals surface area contributed by atoms with Crippen molar-refractivity contribution in [2.75, 3.05) is 10.6 Å². The number of hydrogen-bond donors (Lipinski definition) is 2. The number of nitrogens with one attached hydrogen (secondary N) is 2. The Labute approximate surface area is 154 Å². The second-order valence-electron chi connectivity index (χ2n) is 5.06. The van der Waals surface area contributed by atoms with E-state index in [0.29, 0.717) is 11.8 Å². The number of anilines is 2. The molecule has 2 rings (SSSR count). The van der Waals surface area contributed by atoms with E-state index in [1.54, 1.807) is 25.1 Å². The first kappa shape index (κ1) is 19.3. The number of aryl methyl sites for hydroxylation is 1. The lowest BCUT2D eigenvalue weighted by molar-refractivity contribution is -0.137. The smallest absolute Gasteiger partial charge is 0.318 e. The molecule has 0 spiro atoms. The van der Waals surface area contributed by atoms with Crippen molar-refractivity contribution in [2.24, 2.45) is 0 Å². The van der Waals surface area contributed by atoms with E-state index in [1.165, 1.54) is 6.07 Å². The highest BCUT2D eigenvalue weighted by atomic mass is 79.9. The number of carbonyl (C=O) groups is 2. The number of amides is 2. The minimum Gasteiger partial charge on any atom is -0.318 e. The molecular formula is C16H11BrClF3N2O2. The Morgan fingerprint density at radius 1 is 1.04 bits per heavy atom. The van der Waals surface area contributed by atoms with E-state index >= 15 is 0 Å². The molecule has 0 heterocycles. The molecule has 132 valence electrons. The first-order valence-corrected chi connectivity index (χ1v) is 8.00. The summed E-state index contributed by atoms with van der Waals surface area (Å²) in [5, 5.41) is 4.13. The van der Waals surface area contributed by atoms with Gasteiger partial charge in [0.15, 0.2) is 0 Å². The number of carbonyl (C=O) groups excluding carboxylic acids is 2. The lowest BCUT2D eigenvalue weighted by atomic mass is 10.1. The van der Waals surface area contributed by atoms with Gasteiger partial charge in [0.25, 0.3) is 0 Å². The summed E-state index contributed by atoms with van der Waals surface area (Å²) in [5.41, 5.74) is -0.534. The van der Waals surface area contributed by atoms with E-state index in [9.17, 15) is 22.8 Å². The van der Waals surface area contributed by atoms with Crippen molar-refractivity contribution in [1.29, 1.82) is 0 Å². The van der Waals surface area contributed by atoms with Gasteiger partial charge < -0.3 is 10.6 Å². The van der Waals surface area contributed by atoms with E-state index in [4.69, 9.17) is 11.6 Å². The summed E-state index contributed by atoms with van der Waals surface area (Å²) >= 11 is 8.85. The zero-order valence-electron chi connectivity index (χ0n) is 12.7. The van der Waals surface area contributed by atoms with Crippen molar-refractivity contribution in [3.63, 3.8) is 0 Å². The summed E-state index contributed by atoms with van der Waals surface area (Å²) in [6.45, 7) is 1.78. The summed E-state index contributed by atoms with van der Waals surface area (Å²) < 4.78 is 39.8. The summed E-state index contributed by atoms with van der Waals surface area (Å²) in [5.74, 6) is -2.32. The van der Waals surface area contributed by atoms with Gasteiger partial charge in [-0.2, -0.15) is 13.2 Å². The zero-order valence-corrected chi connectivity index (χ0v) is 15.0. The maximum atomic E-state index is 13.0. The highest BCUT2D eigenvalue weighted by molar-refractivity contribution is 9.10. The Morgan fingerprint density at radius 2 is 1.68 bits per heavy atom. The van der Waals surface area contributed by atoms with Crippen molar-refractivity contribution in [2.45, 2.75) is 13.1 Å². The fourth-order valence-electron chi connectivity index (χ4n) is 1.95. The van der Waals surface area contributed by atoms with Crippen molar-refractivity contribution < 1.29 is 22.8 Å². The first-order valence-electron chi connectivity index (χ1n) is 6.83. The molecule has 0 aromatic heterocycles. The number of rotatable bonds is 2. The number of halogens is 5.